The van der Waals surface area contributed by atoms with Crippen molar-refractivity contribution in [3.63, 3.8) is 0 Å². The zero-order valence-corrected chi connectivity index (χ0v) is 19.1. The van der Waals surface area contributed by atoms with Gasteiger partial charge in [-0.05, 0) is 60.9 Å². The average molecular weight is 476 g/mol. The maximum atomic E-state index is 13.1. The lowest BCUT2D eigenvalue weighted by molar-refractivity contribution is -0.126. The number of carbonyl (C=O) groups excluding carboxylic acids is 1. The van der Waals surface area contributed by atoms with Crippen molar-refractivity contribution in [2.75, 3.05) is 26.8 Å². The van der Waals surface area contributed by atoms with Crippen LogP contribution in [0.3, 0.4) is 0 Å². The predicted octanol–water partition coefficient (Wildman–Crippen LogP) is 2.95. The fraction of sp³-hybridized carbons (Fsp3) is 0.304. The Kier molecular flexibility index (Phi) is 8.18. The molecule has 10 heteroatoms. The third-order valence-electron chi connectivity index (χ3n) is 5.21. The lowest BCUT2D eigenvalue weighted by Crippen LogP contribution is -2.42. The highest BCUT2D eigenvalue weighted by molar-refractivity contribution is 7.89. The standard InChI is InChI=1S/C23H26FN3O5S/c1-3-14-32-21-9-4-17(15-22(21)31-2)16-25-26-23(28)18-10-12-27(13-11-18)33(29,30)20-7-5-19(24)6-8-20/h3-9,15-16,18H,1,10-14H2,2H3,(H,26,28)/b25-16-. The van der Waals surface area contributed by atoms with E-state index in [2.05, 4.69) is 17.1 Å². The van der Waals surface area contributed by atoms with Crippen LogP contribution < -0.4 is 14.9 Å². The molecule has 0 saturated carbocycles. The monoisotopic (exact) mass is 475 g/mol. The predicted molar refractivity (Wildman–Crippen MR) is 122 cm³/mol. The van der Waals surface area contributed by atoms with Crippen LogP contribution >= 0.6 is 0 Å². The number of halogens is 1. The van der Waals surface area contributed by atoms with E-state index in [1.807, 2.05) is 0 Å². The molecule has 176 valence electrons. The number of rotatable bonds is 9. The van der Waals surface area contributed by atoms with E-state index in [0.29, 0.717) is 36.5 Å². The van der Waals surface area contributed by atoms with Crippen molar-refractivity contribution in [1.82, 2.24) is 9.73 Å². The Balaban J connectivity index is 1.53. The summed E-state index contributed by atoms with van der Waals surface area (Å²) in [5.41, 5.74) is 3.22. The Hall–Kier alpha value is -3.24. The normalized spacial score (nSPS) is 15.3. The Morgan fingerprint density at radius 1 is 1.21 bits per heavy atom. The number of methoxy groups -OCH3 is 1. The summed E-state index contributed by atoms with van der Waals surface area (Å²) in [6.07, 6.45) is 3.86. The number of piperidine rings is 1. The molecule has 1 saturated heterocycles. The summed E-state index contributed by atoms with van der Waals surface area (Å²) in [6, 6.07) is 9.95. The van der Waals surface area contributed by atoms with Crippen molar-refractivity contribution in [1.29, 1.82) is 0 Å². The van der Waals surface area contributed by atoms with E-state index < -0.39 is 15.8 Å². The van der Waals surface area contributed by atoms with Gasteiger partial charge in [0.15, 0.2) is 11.5 Å². The van der Waals surface area contributed by atoms with E-state index >= 15 is 0 Å². The van der Waals surface area contributed by atoms with Crippen LogP contribution in [0.5, 0.6) is 11.5 Å². The second-order valence-corrected chi connectivity index (χ2v) is 9.31. The minimum Gasteiger partial charge on any atom is -0.493 e. The van der Waals surface area contributed by atoms with Crippen LogP contribution in [0.1, 0.15) is 18.4 Å². The van der Waals surface area contributed by atoms with Gasteiger partial charge in [-0.3, -0.25) is 4.79 Å². The molecular weight excluding hydrogens is 449 g/mol. The van der Waals surface area contributed by atoms with Gasteiger partial charge in [0.25, 0.3) is 0 Å². The van der Waals surface area contributed by atoms with Crippen molar-refractivity contribution in [2.45, 2.75) is 17.7 Å². The Morgan fingerprint density at radius 2 is 1.91 bits per heavy atom. The molecule has 0 spiro atoms. The molecule has 3 rings (SSSR count). The molecule has 1 aliphatic rings. The van der Waals surface area contributed by atoms with Crippen molar-refractivity contribution in [3.8, 4) is 11.5 Å². The minimum absolute atomic E-state index is 0.0349. The molecule has 0 atom stereocenters. The van der Waals surface area contributed by atoms with Crippen molar-refractivity contribution in [3.05, 3.63) is 66.5 Å². The van der Waals surface area contributed by atoms with Gasteiger partial charge < -0.3 is 9.47 Å². The Bertz CT molecular complexity index is 1110. The van der Waals surface area contributed by atoms with Crippen molar-refractivity contribution < 1.29 is 27.1 Å². The minimum atomic E-state index is -3.72. The Labute approximate surface area is 192 Å². The average Bonchev–Trinajstić information content (AvgIpc) is 2.83. The van der Waals surface area contributed by atoms with Gasteiger partial charge in [-0.1, -0.05) is 12.7 Å². The summed E-state index contributed by atoms with van der Waals surface area (Å²) in [5.74, 6) is -0.0305. The molecular formula is C23H26FN3O5S. The second kappa shape index (κ2) is 11.1. The van der Waals surface area contributed by atoms with E-state index in [1.54, 1.807) is 24.3 Å². The second-order valence-electron chi connectivity index (χ2n) is 7.38. The first-order chi connectivity index (χ1) is 15.8. The summed E-state index contributed by atoms with van der Waals surface area (Å²) in [5, 5.41) is 4.00. The van der Waals surface area contributed by atoms with Crippen molar-refractivity contribution >= 4 is 22.1 Å². The molecule has 8 nitrogen and oxygen atoms in total. The molecule has 0 aromatic heterocycles. The quantitative estimate of drug-likeness (QED) is 0.342. The molecule has 1 heterocycles. The molecule has 1 amide bonds. The van der Waals surface area contributed by atoms with Gasteiger partial charge in [-0.25, -0.2) is 18.2 Å². The van der Waals surface area contributed by atoms with Gasteiger partial charge in [-0.2, -0.15) is 9.41 Å². The molecule has 1 aliphatic heterocycles. The molecule has 0 unspecified atom stereocenters. The first-order valence-electron chi connectivity index (χ1n) is 10.4. The number of benzene rings is 2. The van der Waals surface area contributed by atoms with E-state index in [9.17, 15) is 17.6 Å². The van der Waals surface area contributed by atoms with E-state index in [1.165, 1.54) is 29.8 Å². The van der Waals surface area contributed by atoms with Crippen LogP contribution in [-0.2, 0) is 14.8 Å². The van der Waals surface area contributed by atoms with Crippen LogP contribution in [0.15, 0.2) is 65.1 Å². The zero-order chi connectivity index (χ0) is 23.8. The van der Waals surface area contributed by atoms with Crippen LogP contribution in [0.4, 0.5) is 4.39 Å². The number of sulfonamides is 1. The molecule has 0 bridgehead atoms. The highest BCUT2D eigenvalue weighted by Gasteiger charge is 2.32. The van der Waals surface area contributed by atoms with Crippen LogP contribution in [0, 0.1) is 11.7 Å². The first-order valence-corrected chi connectivity index (χ1v) is 11.8. The fourth-order valence-corrected chi connectivity index (χ4v) is 4.88. The number of hydrogen-bond acceptors (Lipinski definition) is 6. The maximum absolute atomic E-state index is 13.1. The maximum Gasteiger partial charge on any atom is 0.243 e. The molecule has 33 heavy (non-hydrogen) atoms. The van der Waals surface area contributed by atoms with Crippen LogP contribution in [0.25, 0.3) is 0 Å². The van der Waals surface area contributed by atoms with Gasteiger partial charge >= 0.3 is 0 Å². The number of hydrazone groups is 1. The topological polar surface area (TPSA) is 97.3 Å². The highest BCUT2D eigenvalue weighted by atomic mass is 32.2. The number of ether oxygens (including phenoxy) is 2. The summed E-state index contributed by atoms with van der Waals surface area (Å²) in [6.45, 7) is 4.35. The molecule has 0 radical (unpaired) electrons. The number of nitrogens with zero attached hydrogens (tertiary/aromatic N) is 2. The number of nitrogens with one attached hydrogen (secondary N) is 1. The van der Waals surface area contributed by atoms with Gasteiger partial charge in [0.1, 0.15) is 12.4 Å². The SMILES string of the molecule is C=CCOc1ccc(/C=N\NC(=O)C2CCN(S(=O)(=O)c3ccc(F)cc3)CC2)cc1OC. The van der Waals surface area contributed by atoms with Gasteiger partial charge in [0.2, 0.25) is 15.9 Å². The number of hydrogen-bond donors (Lipinski definition) is 1. The zero-order valence-electron chi connectivity index (χ0n) is 18.2. The summed E-state index contributed by atoms with van der Waals surface area (Å²) in [7, 11) is -2.19. The first kappa shape index (κ1) is 24.4. The lowest BCUT2D eigenvalue weighted by Gasteiger charge is -2.30. The summed E-state index contributed by atoms with van der Waals surface area (Å²) in [4.78, 5) is 12.5. The fourth-order valence-electron chi connectivity index (χ4n) is 3.41. The highest BCUT2D eigenvalue weighted by Crippen LogP contribution is 2.27. The number of amides is 1. The Morgan fingerprint density at radius 3 is 2.55 bits per heavy atom. The smallest absolute Gasteiger partial charge is 0.243 e. The van der Waals surface area contributed by atoms with Crippen molar-refractivity contribution in [2.24, 2.45) is 11.0 Å². The van der Waals surface area contributed by atoms with Crippen LogP contribution in [0.2, 0.25) is 0 Å². The number of carbonyl (C=O) groups is 1. The van der Waals surface area contributed by atoms with E-state index in [-0.39, 0.29) is 29.8 Å². The largest absolute Gasteiger partial charge is 0.493 e. The lowest BCUT2D eigenvalue weighted by atomic mass is 9.98. The molecule has 1 N–H and O–H groups in total. The third kappa shape index (κ3) is 6.17. The van der Waals surface area contributed by atoms with E-state index in [4.69, 9.17) is 9.47 Å². The molecule has 1 fully saturated rings. The van der Waals surface area contributed by atoms with E-state index in [0.717, 1.165) is 12.1 Å². The third-order valence-corrected chi connectivity index (χ3v) is 7.12. The molecule has 2 aromatic rings. The van der Waals surface area contributed by atoms with Crippen LogP contribution in [-0.4, -0.2) is 51.7 Å². The van der Waals surface area contributed by atoms with Gasteiger partial charge in [0.05, 0.1) is 18.2 Å². The van der Waals surface area contributed by atoms with Gasteiger partial charge in [0, 0.05) is 19.0 Å². The molecule has 2 aromatic carbocycles. The summed E-state index contributed by atoms with van der Waals surface area (Å²) >= 11 is 0. The molecule has 0 aliphatic carbocycles. The summed E-state index contributed by atoms with van der Waals surface area (Å²) < 4.78 is 50.6. The van der Waals surface area contributed by atoms with Gasteiger partial charge in [-0.15, -0.1) is 0 Å².